The lowest BCUT2D eigenvalue weighted by Crippen LogP contribution is -2.18. The van der Waals surface area contributed by atoms with Crippen molar-refractivity contribution in [2.45, 2.75) is 6.18 Å². The summed E-state index contributed by atoms with van der Waals surface area (Å²) in [6.07, 6.45) is -3.05. The highest BCUT2D eigenvalue weighted by Gasteiger charge is 2.35. The van der Waals surface area contributed by atoms with E-state index in [0.717, 1.165) is 23.7 Å². The number of hydrogen-bond donors (Lipinski definition) is 1. The zero-order valence-electron chi connectivity index (χ0n) is 11.9. The van der Waals surface area contributed by atoms with Crippen molar-refractivity contribution in [3.8, 4) is 11.5 Å². The number of alkyl halides is 3. The summed E-state index contributed by atoms with van der Waals surface area (Å²) in [7, 11) is 0. The monoisotopic (exact) mass is 350 g/mol. The third-order valence-electron chi connectivity index (χ3n) is 3.02. The number of carbonyl (C=O) groups is 1. The van der Waals surface area contributed by atoms with E-state index in [-0.39, 0.29) is 5.13 Å². The molecule has 122 valence electrons. The van der Waals surface area contributed by atoms with Crippen LogP contribution in [0.1, 0.15) is 15.9 Å². The standard InChI is InChI=1S/C15H9F3N4OS/c16-15(17,18)10-6-2-1-5-9(10)13(23)21-14-20-12(22-24-14)11-7-3-4-8-19-11/h1-8H,(H,20,21,22,23). The minimum Gasteiger partial charge on any atom is -0.297 e. The lowest BCUT2D eigenvalue weighted by atomic mass is 10.1. The Morgan fingerprint density at radius 2 is 1.83 bits per heavy atom. The van der Waals surface area contributed by atoms with Gasteiger partial charge in [0.2, 0.25) is 5.13 Å². The fourth-order valence-corrected chi connectivity index (χ4v) is 2.54. The summed E-state index contributed by atoms with van der Waals surface area (Å²) in [6, 6.07) is 9.72. The number of amides is 1. The van der Waals surface area contributed by atoms with Gasteiger partial charge in [-0.1, -0.05) is 18.2 Å². The number of hydrogen-bond acceptors (Lipinski definition) is 5. The number of benzene rings is 1. The Kier molecular flexibility index (Phi) is 4.26. The van der Waals surface area contributed by atoms with E-state index >= 15 is 0 Å². The first-order chi connectivity index (χ1) is 11.4. The zero-order chi connectivity index (χ0) is 17.2. The van der Waals surface area contributed by atoms with Gasteiger partial charge in [-0.15, -0.1) is 0 Å². The van der Waals surface area contributed by atoms with Gasteiger partial charge in [-0.3, -0.25) is 15.1 Å². The van der Waals surface area contributed by atoms with Crippen LogP contribution in [0.15, 0.2) is 48.7 Å². The number of nitrogens with zero attached hydrogens (tertiary/aromatic N) is 3. The van der Waals surface area contributed by atoms with Gasteiger partial charge in [-0.25, -0.2) is 0 Å². The Hall–Kier alpha value is -2.81. The minimum absolute atomic E-state index is 0.0950. The van der Waals surface area contributed by atoms with Crippen molar-refractivity contribution in [3.63, 3.8) is 0 Å². The number of rotatable bonds is 3. The van der Waals surface area contributed by atoms with Crippen molar-refractivity contribution in [1.82, 2.24) is 14.3 Å². The SMILES string of the molecule is O=C(Nc1nc(-c2ccccn2)ns1)c1ccccc1C(F)(F)F. The Bertz CT molecular complexity index is 864. The molecule has 0 saturated carbocycles. The van der Waals surface area contributed by atoms with Gasteiger partial charge in [0.1, 0.15) is 5.69 Å². The second kappa shape index (κ2) is 6.36. The lowest BCUT2D eigenvalue weighted by Gasteiger charge is -2.11. The molecule has 0 aliphatic carbocycles. The molecule has 0 spiro atoms. The van der Waals surface area contributed by atoms with Crippen LogP contribution in [0.3, 0.4) is 0 Å². The average molecular weight is 350 g/mol. The van der Waals surface area contributed by atoms with Crippen LogP contribution in [0.5, 0.6) is 0 Å². The van der Waals surface area contributed by atoms with Crippen LogP contribution in [-0.2, 0) is 6.18 Å². The third kappa shape index (κ3) is 3.40. The normalized spacial score (nSPS) is 11.3. The first kappa shape index (κ1) is 16.1. The van der Waals surface area contributed by atoms with Crippen molar-refractivity contribution in [1.29, 1.82) is 0 Å². The first-order valence-electron chi connectivity index (χ1n) is 6.68. The van der Waals surface area contributed by atoms with Crippen molar-refractivity contribution in [3.05, 3.63) is 59.8 Å². The van der Waals surface area contributed by atoms with Crippen LogP contribution in [0.4, 0.5) is 18.3 Å². The van der Waals surface area contributed by atoms with Gasteiger partial charge < -0.3 is 0 Å². The molecule has 0 unspecified atom stereocenters. The highest BCUT2D eigenvalue weighted by atomic mass is 32.1. The van der Waals surface area contributed by atoms with E-state index in [9.17, 15) is 18.0 Å². The number of carbonyl (C=O) groups excluding carboxylic acids is 1. The van der Waals surface area contributed by atoms with Crippen LogP contribution < -0.4 is 5.32 Å². The molecule has 2 heterocycles. The molecule has 3 rings (SSSR count). The van der Waals surface area contributed by atoms with Crippen molar-refractivity contribution in [2.24, 2.45) is 0 Å². The molecule has 0 saturated heterocycles. The maximum Gasteiger partial charge on any atom is 0.417 e. The summed E-state index contributed by atoms with van der Waals surface area (Å²) in [5.41, 5.74) is -0.971. The fourth-order valence-electron chi connectivity index (χ4n) is 1.97. The van der Waals surface area contributed by atoms with E-state index in [1.54, 1.807) is 24.4 Å². The molecular weight excluding hydrogens is 341 g/mol. The number of aromatic nitrogens is 3. The van der Waals surface area contributed by atoms with E-state index in [2.05, 4.69) is 19.7 Å². The third-order valence-corrected chi connectivity index (χ3v) is 3.65. The molecule has 1 amide bonds. The molecule has 0 aliphatic heterocycles. The van der Waals surface area contributed by atoms with E-state index in [1.165, 1.54) is 12.1 Å². The van der Waals surface area contributed by atoms with Crippen LogP contribution >= 0.6 is 11.5 Å². The Morgan fingerprint density at radius 1 is 1.08 bits per heavy atom. The smallest absolute Gasteiger partial charge is 0.297 e. The zero-order valence-corrected chi connectivity index (χ0v) is 12.7. The Balaban J connectivity index is 1.83. The predicted molar refractivity (Wildman–Crippen MR) is 82.5 cm³/mol. The maximum absolute atomic E-state index is 13.0. The van der Waals surface area contributed by atoms with Gasteiger partial charge in [0.05, 0.1) is 11.1 Å². The van der Waals surface area contributed by atoms with Gasteiger partial charge >= 0.3 is 6.18 Å². The molecule has 0 bridgehead atoms. The molecule has 3 aromatic rings. The van der Waals surface area contributed by atoms with E-state index in [4.69, 9.17) is 0 Å². The average Bonchev–Trinajstić information content (AvgIpc) is 3.03. The molecule has 24 heavy (non-hydrogen) atoms. The molecule has 1 N–H and O–H groups in total. The van der Waals surface area contributed by atoms with E-state index < -0.39 is 23.2 Å². The fraction of sp³-hybridized carbons (Fsp3) is 0.0667. The number of anilines is 1. The van der Waals surface area contributed by atoms with Crippen LogP contribution in [-0.4, -0.2) is 20.2 Å². The highest BCUT2D eigenvalue weighted by molar-refractivity contribution is 7.10. The molecule has 0 radical (unpaired) electrons. The summed E-state index contributed by atoms with van der Waals surface area (Å²) in [6.45, 7) is 0. The summed E-state index contributed by atoms with van der Waals surface area (Å²) >= 11 is 0.866. The molecule has 0 fully saturated rings. The summed E-state index contributed by atoms with van der Waals surface area (Å²) < 4.78 is 42.9. The first-order valence-corrected chi connectivity index (χ1v) is 7.45. The molecule has 2 aromatic heterocycles. The minimum atomic E-state index is -4.62. The number of nitrogens with one attached hydrogen (secondary N) is 1. The Labute approximate surface area is 138 Å². The van der Waals surface area contributed by atoms with Gasteiger partial charge in [-0.05, 0) is 24.3 Å². The van der Waals surface area contributed by atoms with Gasteiger partial charge in [0.15, 0.2) is 5.82 Å². The second-order valence-electron chi connectivity index (χ2n) is 4.64. The van der Waals surface area contributed by atoms with Crippen molar-refractivity contribution in [2.75, 3.05) is 5.32 Å². The van der Waals surface area contributed by atoms with E-state index in [0.29, 0.717) is 11.5 Å². The Morgan fingerprint density at radius 3 is 2.54 bits per heavy atom. The summed E-state index contributed by atoms with van der Waals surface area (Å²) in [5.74, 6) is -0.605. The largest absolute Gasteiger partial charge is 0.417 e. The van der Waals surface area contributed by atoms with Crippen molar-refractivity contribution >= 4 is 22.6 Å². The van der Waals surface area contributed by atoms with Crippen LogP contribution in [0.2, 0.25) is 0 Å². The summed E-state index contributed by atoms with van der Waals surface area (Å²) in [5, 5.41) is 2.43. The van der Waals surface area contributed by atoms with Gasteiger partial charge in [-0.2, -0.15) is 22.5 Å². The number of halogens is 3. The molecule has 9 heteroatoms. The predicted octanol–water partition coefficient (Wildman–Crippen LogP) is 3.87. The van der Waals surface area contributed by atoms with Gasteiger partial charge in [0, 0.05) is 17.7 Å². The summed E-state index contributed by atoms with van der Waals surface area (Å²) in [4.78, 5) is 20.3. The van der Waals surface area contributed by atoms with Crippen LogP contribution in [0, 0.1) is 0 Å². The van der Waals surface area contributed by atoms with Crippen molar-refractivity contribution < 1.29 is 18.0 Å². The molecule has 0 aliphatic rings. The number of pyridine rings is 1. The second-order valence-corrected chi connectivity index (χ2v) is 5.39. The lowest BCUT2D eigenvalue weighted by molar-refractivity contribution is -0.137. The molecule has 5 nitrogen and oxygen atoms in total. The molecule has 0 atom stereocenters. The highest BCUT2D eigenvalue weighted by Crippen LogP contribution is 2.32. The molecule has 1 aromatic carbocycles. The maximum atomic E-state index is 13.0. The van der Waals surface area contributed by atoms with Gasteiger partial charge in [0.25, 0.3) is 5.91 Å². The topological polar surface area (TPSA) is 67.8 Å². The van der Waals surface area contributed by atoms with E-state index in [1.807, 2.05) is 0 Å². The van der Waals surface area contributed by atoms with Crippen LogP contribution in [0.25, 0.3) is 11.5 Å². The molecular formula is C15H9F3N4OS. The quantitative estimate of drug-likeness (QED) is 0.779.